The maximum absolute atomic E-state index is 12.1. The first-order chi connectivity index (χ1) is 10.6. The lowest BCUT2D eigenvalue weighted by Crippen LogP contribution is -2.49. The molecule has 2 N–H and O–H groups in total. The van der Waals surface area contributed by atoms with Crippen molar-refractivity contribution in [1.82, 2.24) is 9.80 Å². The molecule has 0 spiro atoms. The third-order valence-corrected chi connectivity index (χ3v) is 4.75. The molecular formula is C18H31Cl2N3O. The molecule has 0 bridgehead atoms. The van der Waals surface area contributed by atoms with Gasteiger partial charge in [0.05, 0.1) is 0 Å². The van der Waals surface area contributed by atoms with Crippen LogP contribution in [0.15, 0.2) is 30.3 Å². The summed E-state index contributed by atoms with van der Waals surface area (Å²) in [4.78, 5) is 16.6. The van der Waals surface area contributed by atoms with Crippen LogP contribution in [-0.4, -0.2) is 47.9 Å². The molecule has 2 atom stereocenters. The Morgan fingerprint density at radius 2 is 1.96 bits per heavy atom. The minimum atomic E-state index is 0. The predicted octanol–water partition coefficient (Wildman–Crippen LogP) is 3.08. The monoisotopic (exact) mass is 375 g/mol. The van der Waals surface area contributed by atoms with Gasteiger partial charge in [-0.05, 0) is 38.3 Å². The summed E-state index contributed by atoms with van der Waals surface area (Å²) in [6, 6.07) is 11.5. The molecule has 2 unspecified atom stereocenters. The maximum Gasteiger partial charge on any atom is 0.222 e. The van der Waals surface area contributed by atoms with Gasteiger partial charge >= 0.3 is 0 Å². The molecule has 1 aromatic carbocycles. The van der Waals surface area contributed by atoms with Crippen molar-refractivity contribution in [3.05, 3.63) is 35.9 Å². The lowest BCUT2D eigenvalue weighted by molar-refractivity contribution is -0.133. The van der Waals surface area contributed by atoms with Gasteiger partial charge in [-0.25, -0.2) is 0 Å². The average molecular weight is 376 g/mol. The van der Waals surface area contributed by atoms with Crippen molar-refractivity contribution >= 4 is 30.7 Å². The van der Waals surface area contributed by atoms with E-state index in [0.717, 1.165) is 32.4 Å². The molecule has 1 heterocycles. The van der Waals surface area contributed by atoms with Crippen LogP contribution in [0, 0.1) is 0 Å². The number of halogens is 2. The number of carbonyl (C=O) groups is 1. The SMILES string of the molecule is CC1CC(N(C)C(=O)CCCN)CCN1Cc1ccccc1.Cl.Cl. The quantitative estimate of drug-likeness (QED) is 0.830. The summed E-state index contributed by atoms with van der Waals surface area (Å²) in [6.07, 6.45) is 3.47. The number of benzene rings is 1. The maximum atomic E-state index is 12.1. The third kappa shape index (κ3) is 6.60. The first-order valence-corrected chi connectivity index (χ1v) is 8.35. The number of likely N-dealkylation sites (tertiary alicyclic amines) is 1. The van der Waals surface area contributed by atoms with E-state index in [1.165, 1.54) is 5.56 Å². The molecule has 0 radical (unpaired) electrons. The number of amides is 1. The highest BCUT2D eigenvalue weighted by molar-refractivity contribution is 5.85. The second kappa shape index (κ2) is 11.7. The molecule has 1 fully saturated rings. The molecule has 0 saturated carbocycles. The highest BCUT2D eigenvalue weighted by Gasteiger charge is 2.29. The van der Waals surface area contributed by atoms with E-state index in [0.29, 0.717) is 25.0 Å². The van der Waals surface area contributed by atoms with Crippen LogP contribution in [0.4, 0.5) is 0 Å². The summed E-state index contributed by atoms with van der Waals surface area (Å²) in [6.45, 7) is 4.91. The van der Waals surface area contributed by atoms with E-state index in [-0.39, 0.29) is 30.7 Å². The van der Waals surface area contributed by atoms with Crippen molar-refractivity contribution in [2.24, 2.45) is 5.73 Å². The Morgan fingerprint density at radius 1 is 1.29 bits per heavy atom. The van der Waals surface area contributed by atoms with Crippen LogP contribution < -0.4 is 5.73 Å². The number of carbonyl (C=O) groups excluding carboxylic acids is 1. The minimum absolute atomic E-state index is 0. The molecule has 1 aromatic rings. The molecule has 138 valence electrons. The Balaban J connectivity index is 0.00000264. The van der Waals surface area contributed by atoms with Crippen molar-refractivity contribution in [1.29, 1.82) is 0 Å². The third-order valence-electron chi connectivity index (χ3n) is 4.75. The summed E-state index contributed by atoms with van der Waals surface area (Å²) < 4.78 is 0. The summed E-state index contributed by atoms with van der Waals surface area (Å²) in [5, 5.41) is 0. The summed E-state index contributed by atoms with van der Waals surface area (Å²) in [5.41, 5.74) is 6.85. The van der Waals surface area contributed by atoms with Crippen molar-refractivity contribution in [3.8, 4) is 0 Å². The summed E-state index contributed by atoms with van der Waals surface area (Å²) in [5.74, 6) is 0.235. The lowest BCUT2D eigenvalue weighted by Gasteiger charge is -2.41. The Morgan fingerprint density at radius 3 is 2.54 bits per heavy atom. The highest BCUT2D eigenvalue weighted by atomic mass is 35.5. The number of hydrogen-bond acceptors (Lipinski definition) is 3. The van der Waals surface area contributed by atoms with Gasteiger partial charge in [0.25, 0.3) is 0 Å². The summed E-state index contributed by atoms with van der Waals surface area (Å²) >= 11 is 0. The van der Waals surface area contributed by atoms with E-state index in [1.807, 2.05) is 11.9 Å². The highest BCUT2D eigenvalue weighted by Crippen LogP contribution is 2.23. The normalized spacial score (nSPS) is 20.6. The molecule has 0 aromatic heterocycles. The fourth-order valence-corrected chi connectivity index (χ4v) is 3.23. The van der Waals surface area contributed by atoms with E-state index in [9.17, 15) is 4.79 Å². The van der Waals surface area contributed by atoms with E-state index in [4.69, 9.17) is 5.73 Å². The van der Waals surface area contributed by atoms with Crippen molar-refractivity contribution in [3.63, 3.8) is 0 Å². The van der Waals surface area contributed by atoms with Crippen molar-refractivity contribution < 1.29 is 4.79 Å². The molecule has 1 amide bonds. The van der Waals surface area contributed by atoms with Crippen LogP contribution in [0.1, 0.15) is 38.2 Å². The van der Waals surface area contributed by atoms with Crippen LogP contribution in [0.2, 0.25) is 0 Å². The second-order valence-corrected chi connectivity index (χ2v) is 6.38. The zero-order valence-electron chi connectivity index (χ0n) is 14.7. The molecule has 1 saturated heterocycles. The number of nitrogens with zero attached hydrogens (tertiary/aromatic N) is 2. The second-order valence-electron chi connectivity index (χ2n) is 6.38. The van der Waals surface area contributed by atoms with Crippen LogP contribution >= 0.6 is 24.8 Å². The molecule has 1 aliphatic rings. The molecule has 0 aliphatic carbocycles. The minimum Gasteiger partial charge on any atom is -0.343 e. The van der Waals surface area contributed by atoms with E-state index in [1.54, 1.807) is 0 Å². The largest absolute Gasteiger partial charge is 0.343 e. The van der Waals surface area contributed by atoms with Gasteiger partial charge in [-0.2, -0.15) is 0 Å². The van der Waals surface area contributed by atoms with Gasteiger partial charge in [-0.15, -0.1) is 24.8 Å². The van der Waals surface area contributed by atoms with Crippen LogP contribution in [0.25, 0.3) is 0 Å². The fraction of sp³-hybridized carbons (Fsp3) is 0.611. The van der Waals surface area contributed by atoms with Gasteiger partial charge in [0.1, 0.15) is 0 Å². The van der Waals surface area contributed by atoms with Crippen molar-refractivity contribution in [2.45, 2.75) is 51.2 Å². The van der Waals surface area contributed by atoms with Gasteiger partial charge in [-0.1, -0.05) is 30.3 Å². The first-order valence-electron chi connectivity index (χ1n) is 8.35. The Labute approximate surface area is 158 Å². The molecular weight excluding hydrogens is 345 g/mol. The smallest absolute Gasteiger partial charge is 0.222 e. The zero-order chi connectivity index (χ0) is 15.9. The Kier molecular flexibility index (Phi) is 11.3. The van der Waals surface area contributed by atoms with E-state index < -0.39 is 0 Å². The average Bonchev–Trinajstić information content (AvgIpc) is 2.54. The van der Waals surface area contributed by atoms with Gasteiger partial charge in [0.2, 0.25) is 5.91 Å². The van der Waals surface area contributed by atoms with Crippen LogP contribution in [-0.2, 0) is 11.3 Å². The number of rotatable bonds is 6. The summed E-state index contributed by atoms with van der Waals surface area (Å²) in [7, 11) is 1.95. The van der Waals surface area contributed by atoms with Crippen LogP contribution in [0.5, 0.6) is 0 Å². The predicted molar refractivity (Wildman–Crippen MR) is 105 cm³/mol. The van der Waals surface area contributed by atoms with E-state index >= 15 is 0 Å². The van der Waals surface area contributed by atoms with Gasteiger partial charge < -0.3 is 10.6 Å². The van der Waals surface area contributed by atoms with E-state index in [2.05, 4.69) is 42.2 Å². The number of piperidine rings is 1. The fourth-order valence-electron chi connectivity index (χ4n) is 3.23. The van der Waals surface area contributed by atoms with Gasteiger partial charge in [0.15, 0.2) is 0 Å². The van der Waals surface area contributed by atoms with Crippen molar-refractivity contribution in [2.75, 3.05) is 20.1 Å². The Hall–Kier alpha value is -0.810. The standard InChI is InChI=1S/C18H29N3O.2ClH/c1-15-13-17(20(2)18(22)9-6-11-19)10-12-21(15)14-16-7-4-3-5-8-16;;/h3-5,7-8,15,17H,6,9-14,19H2,1-2H3;2*1H. The molecule has 1 aliphatic heterocycles. The van der Waals surface area contributed by atoms with Gasteiger partial charge in [0, 0.05) is 38.6 Å². The number of hydrogen-bond donors (Lipinski definition) is 1. The topological polar surface area (TPSA) is 49.6 Å². The zero-order valence-corrected chi connectivity index (χ0v) is 16.3. The molecule has 24 heavy (non-hydrogen) atoms. The molecule has 2 rings (SSSR count). The Bertz CT molecular complexity index is 473. The molecule has 6 heteroatoms. The van der Waals surface area contributed by atoms with Crippen LogP contribution in [0.3, 0.4) is 0 Å². The molecule has 4 nitrogen and oxygen atoms in total. The number of nitrogens with two attached hydrogens (primary N) is 1. The van der Waals surface area contributed by atoms with Gasteiger partial charge in [-0.3, -0.25) is 9.69 Å². The lowest BCUT2D eigenvalue weighted by atomic mass is 9.96. The first kappa shape index (κ1) is 23.2.